The lowest BCUT2D eigenvalue weighted by atomic mass is 10.2. The maximum absolute atomic E-state index is 12.8. The molecule has 2 nitrogen and oxygen atoms in total. The zero-order valence-electron chi connectivity index (χ0n) is 5.76. The van der Waals surface area contributed by atoms with E-state index in [1.807, 2.05) is 0 Å². The van der Waals surface area contributed by atoms with E-state index in [0.717, 1.165) is 18.2 Å². The van der Waals surface area contributed by atoms with Crippen LogP contribution in [0, 0.1) is 11.6 Å². The lowest BCUT2D eigenvalue weighted by Crippen LogP contribution is -1.96. The van der Waals surface area contributed by atoms with Gasteiger partial charge in [-0.2, -0.15) is 0 Å². The van der Waals surface area contributed by atoms with Gasteiger partial charge in [-0.25, -0.2) is 8.78 Å². The number of nitrogens with zero attached hydrogens (tertiary/aromatic N) is 1. The number of hydrogen-bond donors (Lipinski definition) is 1. The molecule has 0 saturated carbocycles. The van der Waals surface area contributed by atoms with Crippen LogP contribution in [0.2, 0.25) is 0 Å². The standard InChI is InChI=1S/C7H4ClF2NO/c8-7(11-12)5-3-4(9)1-2-6(5)10/h1-3,12H/b11-7-. The van der Waals surface area contributed by atoms with E-state index >= 15 is 0 Å². The quantitative estimate of drug-likeness (QED) is 0.413. The van der Waals surface area contributed by atoms with Gasteiger partial charge in [0, 0.05) is 0 Å². The van der Waals surface area contributed by atoms with Gasteiger partial charge in [0.05, 0.1) is 5.56 Å². The van der Waals surface area contributed by atoms with Crippen LogP contribution < -0.4 is 0 Å². The molecule has 1 rings (SSSR count). The van der Waals surface area contributed by atoms with Crippen LogP contribution >= 0.6 is 11.6 Å². The zero-order chi connectivity index (χ0) is 9.14. The van der Waals surface area contributed by atoms with Gasteiger partial charge in [-0.3, -0.25) is 0 Å². The molecule has 1 aromatic carbocycles. The number of halogens is 3. The van der Waals surface area contributed by atoms with Crippen molar-refractivity contribution >= 4 is 16.8 Å². The van der Waals surface area contributed by atoms with E-state index in [1.54, 1.807) is 0 Å². The highest BCUT2D eigenvalue weighted by Gasteiger charge is 2.08. The first-order valence-corrected chi connectivity index (χ1v) is 3.36. The summed E-state index contributed by atoms with van der Waals surface area (Å²) in [6, 6.07) is 2.69. The fourth-order valence-electron chi connectivity index (χ4n) is 0.709. The highest BCUT2D eigenvalue weighted by atomic mass is 35.5. The van der Waals surface area contributed by atoms with Crippen LogP contribution in [0.15, 0.2) is 23.4 Å². The van der Waals surface area contributed by atoms with Gasteiger partial charge in [0.15, 0.2) is 5.17 Å². The van der Waals surface area contributed by atoms with Crippen molar-refractivity contribution in [2.45, 2.75) is 0 Å². The molecule has 0 aliphatic heterocycles. The summed E-state index contributed by atoms with van der Waals surface area (Å²) in [6.07, 6.45) is 0. The third-order valence-corrected chi connectivity index (χ3v) is 1.52. The van der Waals surface area contributed by atoms with Crippen LogP contribution in [0.4, 0.5) is 8.78 Å². The summed E-state index contributed by atoms with van der Waals surface area (Å²) in [6.45, 7) is 0. The minimum Gasteiger partial charge on any atom is -0.410 e. The Morgan fingerprint density at radius 3 is 2.67 bits per heavy atom. The molecule has 0 heterocycles. The van der Waals surface area contributed by atoms with Gasteiger partial charge < -0.3 is 5.21 Å². The third kappa shape index (κ3) is 1.71. The Hall–Kier alpha value is -1.16. The van der Waals surface area contributed by atoms with Crippen molar-refractivity contribution in [1.29, 1.82) is 0 Å². The Kier molecular flexibility index (Phi) is 2.60. The summed E-state index contributed by atoms with van der Waals surface area (Å²) in [5.41, 5.74) is -0.265. The SMILES string of the molecule is O/N=C(\Cl)c1cc(F)ccc1F. The Labute approximate surface area is 72.1 Å². The highest BCUT2D eigenvalue weighted by molar-refractivity contribution is 6.69. The van der Waals surface area contributed by atoms with Crippen LogP contribution in [0.5, 0.6) is 0 Å². The second kappa shape index (κ2) is 3.49. The molecule has 0 unspecified atom stereocenters. The van der Waals surface area contributed by atoms with E-state index in [2.05, 4.69) is 5.16 Å². The predicted molar refractivity (Wildman–Crippen MR) is 40.5 cm³/mol. The summed E-state index contributed by atoms with van der Waals surface area (Å²) in [4.78, 5) is 0. The van der Waals surface area contributed by atoms with Crippen molar-refractivity contribution in [2.24, 2.45) is 5.16 Å². The fraction of sp³-hybridized carbons (Fsp3) is 0. The Balaban J connectivity index is 3.23. The molecule has 0 bridgehead atoms. The van der Waals surface area contributed by atoms with Crippen molar-refractivity contribution in [3.63, 3.8) is 0 Å². The molecule has 0 aliphatic rings. The summed E-state index contributed by atoms with van der Waals surface area (Å²) in [5, 5.41) is 10.2. The highest BCUT2D eigenvalue weighted by Crippen LogP contribution is 2.12. The van der Waals surface area contributed by atoms with Gasteiger partial charge in [0.1, 0.15) is 11.6 Å². The van der Waals surface area contributed by atoms with Gasteiger partial charge >= 0.3 is 0 Å². The topological polar surface area (TPSA) is 32.6 Å². The molecule has 5 heteroatoms. The first-order valence-electron chi connectivity index (χ1n) is 2.98. The molecule has 0 fully saturated rings. The van der Waals surface area contributed by atoms with Crippen molar-refractivity contribution in [3.05, 3.63) is 35.4 Å². The van der Waals surface area contributed by atoms with E-state index in [-0.39, 0.29) is 5.56 Å². The van der Waals surface area contributed by atoms with E-state index in [9.17, 15) is 8.78 Å². The van der Waals surface area contributed by atoms with Crippen molar-refractivity contribution in [2.75, 3.05) is 0 Å². The second-order valence-electron chi connectivity index (χ2n) is 2.01. The zero-order valence-corrected chi connectivity index (χ0v) is 6.52. The second-order valence-corrected chi connectivity index (χ2v) is 2.37. The molecule has 1 aromatic rings. The van der Waals surface area contributed by atoms with Gasteiger partial charge in [0.25, 0.3) is 0 Å². The number of benzene rings is 1. The largest absolute Gasteiger partial charge is 0.410 e. The first-order chi connectivity index (χ1) is 5.65. The molecule has 0 atom stereocenters. The summed E-state index contributed by atoms with van der Waals surface area (Å²) in [5.74, 6) is -1.38. The van der Waals surface area contributed by atoms with Crippen LogP contribution in [-0.4, -0.2) is 10.4 Å². The maximum atomic E-state index is 12.8. The average Bonchev–Trinajstić information content (AvgIpc) is 2.08. The van der Waals surface area contributed by atoms with Gasteiger partial charge in [-0.05, 0) is 18.2 Å². The summed E-state index contributed by atoms with van der Waals surface area (Å²) in [7, 11) is 0. The summed E-state index contributed by atoms with van der Waals surface area (Å²) < 4.78 is 25.2. The third-order valence-electron chi connectivity index (χ3n) is 1.24. The van der Waals surface area contributed by atoms with Crippen LogP contribution in [0.3, 0.4) is 0 Å². The normalized spacial score (nSPS) is 11.8. The average molecular weight is 192 g/mol. The molecule has 0 aromatic heterocycles. The lowest BCUT2D eigenvalue weighted by Gasteiger charge is -1.97. The van der Waals surface area contributed by atoms with Gasteiger partial charge in [0.2, 0.25) is 0 Å². The van der Waals surface area contributed by atoms with Gasteiger partial charge in [-0.15, -0.1) is 0 Å². The van der Waals surface area contributed by atoms with Crippen molar-refractivity contribution < 1.29 is 14.0 Å². The van der Waals surface area contributed by atoms with Crippen molar-refractivity contribution in [1.82, 2.24) is 0 Å². The first kappa shape index (κ1) is 8.93. The molecule has 0 aliphatic carbocycles. The Morgan fingerprint density at radius 1 is 1.42 bits per heavy atom. The molecular formula is C7H4ClF2NO. The van der Waals surface area contributed by atoms with E-state index in [1.165, 1.54) is 0 Å². The number of oxime groups is 1. The molecule has 0 radical (unpaired) electrons. The monoisotopic (exact) mass is 191 g/mol. The lowest BCUT2D eigenvalue weighted by molar-refractivity contribution is 0.320. The molecule has 0 spiro atoms. The van der Waals surface area contributed by atoms with Gasteiger partial charge in [-0.1, -0.05) is 16.8 Å². The minimum absolute atomic E-state index is 0.265. The molecule has 0 amide bonds. The maximum Gasteiger partial charge on any atom is 0.178 e. The van der Waals surface area contributed by atoms with Crippen LogP contribution in [-0.2, 0) is 0 Å². The molecule has 1 N–H and O–H groups in total. The molecule has 0 saturated heterocycles. The molecular weight excluding hydrogens is 188 g/mol. The minimum atomic E-state index is -0.737. The molecule has 12 heavy (non-hydrogen) atoms. The Bertz CT molecular complexity index is 327. The van der Waals surface area contributed by atoms with E-state index in [0.29, 0.717) is 0 Å². The fourth-order valence-corrected chi connectivity index (χ4v) is 0.854. The van der Waals surface area contributed by atoms with E-state index < -0.39 is 16.8 Å². The van der Waals surface area contributed by atoms with Crippen LogP contribution in [0.25, 0.3) is 0 Å². The van der Waals surface area contributed by atoms with Crippen LogP contribution in [0.1, 0.15) is 5.56 Å². The smallest absolute Gasteiger partial charge is 0.178 e. The number of rotatable bonds is 1. The Morgan fingerprint density at radius 2 is 2.08 bits per heavy atom. The van der Waals surface area contributed by atoms with E-state index in [4.69, 9.17) is 16.8 Å². The predicted octanol–water partition coefficient (Wildman–Crippen LogP) is 2.34. The number of hydrogen-bond acceptors (Lipinski definition) is 2. The van der Waals surface area contributed by atoms with Crippen molar-refractivity contribution in [3.8, 4) is 0 Å². The summed E-state index contributed by atoms with van der Waals surface area (Å²) >= 11 is 5.26. The molecule has 64 valence electrons.